The first-order valence-corrected chi connectivity index (χ1v) is 12.2. The molecule has 34 heavy (non-hydrogen) atoms. The summed E-state index contributed by atoms with van der Waals surface area (Å²) < 4.78 is 3.19. The Kier molecular flexibility index (Phi) is 9.43. The van der Waals surface area contributed by atoms with Crippen molar-refractivity contribution in [2.24, 2.45) is 12.1 Å². The van der Waals surface area contributed by atoms with Crippen LogP contribution in [0.15, 0.2) is 51.1 Å². The maximum atomic E-state index is 12.6. The van der Waals surface area contributed by atoms with Gasteiger partial charge in [0.05, 0.1) is 5.71 Å². The number of fused-ring (bicyclic) bond motifs is 1. The molecule has 3 rings (SSSR count). The minimum atomic E-state index is -0.480. The van der Waals surface area contributed by atoms with E-state index < -0.39 is 11.2 Å². The summed E-state index contributed by atoms with van der Waals surface area (Å²) in [4.78, 5) is 31.6. The molecular weight excluding hydrogens is 428 g/mol. The minimum Gasteiger partial charge on any atom is -0.303 e. The highest BCUT2D eigenvalue weighted by molar-refractivity contribution is 5.96. The van der Waals surface area contributed by atoms with Crippen molar-refractivity contribution in [2.75, 3.05) is 5.43 Å². The summed E-state index contributed by atoms with van der Waals surface area (Å²) in [7, 11) is 1.61. The maximum absolute atomic E-state index is 12.6. The number of nitrogens with one attached hydrogen (secondary N) is 2. The van der Waals surface area contributed by atoms with E-state index in [0.29, 0.717) is 23.7 Å². The van der Waals surface area contributed by atoms with Crippen LogP contribution in [0.25, 0.3) is 17.2 Å². The third kappa shape index (κ3) is 6.79. The average molecular weight is 465 g/mol. The number of nitrogens with zero attached hydrogens (tertiary/aromatic N) is 4. The number of anilines is 1. The molecule has 8 nitrogen and oxygen atoms in total. The Morgan fingerprint density at radius 2 is 1.74 bits per heavy atom. The summed E-state index contributed by atoms with van der Waals surface area (Å²) in [5.41, 5.74) is 4.68. The molecule has 0 aliphatic heterocycles. The van der Waals surface area contributed by atoms with E-state index in [9.17, 15) is 9.59 Å². The van der Waals surface area contributed by atoms with E-state index in [1.54, 1.807) is 7.05 Å². The number of aromatic nitrogens is 4. The van der Waals surface area contributed by atoms with Crippen molar-refractivity contribution < 1.29 is 0 Å². The second-order valence-electron chi connectivity index (χ2n) is 8.66. The molecule has 0 fully saturated rings. The number of H-pyrrole nitrogens is 1. The molecule has 0 unspecified atom stereocenters. The molecule has 0 spiro atoms. The first-order chi connectivity index (χ1) is 16.5. The van der Waals surface area contributed by atoms with Crippen molar-refractivity contribution >= 4 is 28.9 Å². The third-order valence-electron chi connectivity index (χ3n) is 5.89. The molecule has 2 N–H and O–H groups in total. The fourth-order valence-corrected chi connectivity index (χ4v) is 3.90. The number of aromatic amines is 1. The van der Waals surface area contributed by atoms with Gasteiger partial charge in [0.25, 0.3) is 5.56 Å². The largest absolute Gasteiger partial charge is 0.329 e. The summed E-state index contributed by atoms with van der Waals surface area (Å²) in [6.45, 7) is 4.74. The number of benzene rings is 1. The average Bonchev–Trinajstić information content (AvgIpc) is 3.21. The molecular formula is C26H36N6O2. The van der Waals surface area contributed by atoms with Gasteiger partial charge in [-0.1, -0.05) is 88.3 Å². The molecule has 0 saturated heterocycles. The first kappa shape index (κ1) is 25.2. The lowest BCUT2D eigenvalue weighted by Gasteiger charge is -2.08. The van der Waals surface area contributed by atoms with Gasteiger partial charge < -0.3 is 4.57 Å². The Bertz CT molecular complexity index is 1230. The number of allylic oxidation sites excluding steroid dienone is 1. The summed E-state index contributed by atoms with van der Waals surface area (Å²) in [5.74, 6) is 0.456. The lowest BCUT2D eigenvalue weighted by molar-refractivity contribution is 0.549. The van der Waals surface area contributed by atoms with Gasteiger partial charge in [0.15, 0.2) is 11.2 Å². The molecule has 2 heterocycles. The highest BCUT2D eigenvalue weighted by atomic mass is 16.2. The number of rotatable bonds is 13. The summed E-state index contributed by atoms with van der Waals surface area (Å²) in [5, 5.41) is 4.43. The standard InChI is InChI=1S/C26H36N6O2/c1-4-5-6-7-8-9-10-14-19-32-22-23(31(3)26(34)28-24(22)33)27-25(32)30-29-20(2)17-18-21-15-12-11-13-16-21/h11-13,15-18H,4-10,14,19H2,1-3H3,(H,27,30)(H,28,33,34)/b18-17+,29-20-. The number of hydrogen-bond acceptors (Lipinski definition) is 5. The van der Waals surface area contributed by atoms with Crippen molar-refractivity contribution in [1.29, 1.82) is 0 Å². The van der Waals surface area contributed by atoms with Crippen LogP contribution in [0.5, 0.6) is 0 Å². The zero-order valence-corrected chi connectivity index (χ0v) is 20.5. The number of imidazole rings is 1. The second-order valence-corrected chi connectivity index (χ2v) is 8.66. The molecule has 182 valence electrons. The molecule has 0 atom stereocenters. The lowest BCUT2D eigenvalue weighted by Crippen LogP contribution is -2.29. The first-order valence-electron chi connectivity index (χ1n) is 12.2. The lowest BCUT2D eigenvalue weighted by atomic mass is 10.1. The fraction of sp³-hybridized carbons (Fsp3) is 0.462. The van der Waals surface area contributed by atoms with E-state index in [1.807, 2.05) is 54.0 Å². The molecule has 0 saturated carbocycles. The smallest absolute Gasteiger partial charge is 0.303 e. The van der Waals surface area contributed by atoms with Crippen molar-refractivity contribution in [2.45, 2.75) is 71.8 Å². The maximum Gasteiger partial charge on any atom is 0.329 e. The number of aryl methyl sites for hydroxylation is 2. The van der Waals surface area contributed by atoms with E-state index in [-0.39, 0.29) is 0 Å². The molecule has 1 aromatic carbocycles. The summed E-state index contributed by atoms with van der Waals surface area (Å²) in [6, 6.07) is 9.99. The number of unbranched alkanes of at least 4 members (excludes halogenated alkanes) is 7. The highest BCUT2D eigenvalue weighted by Gasteiger charge is 2.17. The van der Waals surface area contributed by atoms with Crippen LogP contribution in [0.2, 0.25) is 0 Å². The Hall–Kier alpha value is -3.42. The molecule has 0 aliphatic rings. The van der Waals surface area contributed by atoms with Crippen LogP contribution >= 0.6 is 0 Å². The van der Waals surface area contributed by atoms with Gasteiger partial charge in [-0.15, -0.1) is 0 Å². The topological polar surface area (TPSA) is 97.1 Å². The number of hydrazone groups is 1. The van der Waals surface area contributed by atoms with Crippen molar-refractivity contribution in [1.82, 2.24) is 19.1 Å². The van der Waals surface area contributed by atoms with Gasteiger partial charge in [0, 0.05) is 13.6 Å². The molecule has 3 aromatic rings. The van der Waals surface area contributed by atoms with Gasteiger partial charge in [-0.25, -0.2) is 10.2 Å². The predicted octanol–water partition coefficient (Wildman–Crippen LogP) is 5.07. The fourth-order valence-electron chi connectivity index (χ4n) is 3.90. The zero-order valence-electron chi connectivity index (χ0n) is 20.5. The van der Waals surface area contributed by atoms with Gasteiger partial charge in [0.1, 0.15) is 0 Å². The van der Waals surface area contributed by atoms with Gasteiger partial charge >= 0.3 is 5.69 Å². The van der Waals surface area contributed by atoms with Gasteiger partial charge in [-0.3, -0.25) is 14.3 Å². The Balaban J connectivity index is 1.75. The van der Waals surface area contributed by atoms with Crippen LogP contribution in [-0.2, 0) is 13.6 Å². The van der Waals surface area contributed by atoms with Gasteiger partial charge in [0.2, 0.25) is 5.95 Å². The van der Waals surface area contributed by atoms with Crippen LogP contribution < -0.4 is 16.7 Å². The van der Waals surface area contributed by atoms with E-state index in [2.05, 4.69) is 27.4 Å². The molecule has 0 aliphatic carbocycles. The minimum absolute atomic E-state index is 0.350. The zero-order chi connectivity index (χ0) is 24.3. The monoisotopic (exact) mass is 464 g/mol. The van der Waals surface area contributed by atoms with E-state index in [0.717, 1.165) is 24.1 Å². The molecule has 8 heteroatoms. The van der Waals surface area contributed by atoms with Crippen molar-refractivity contribution in [3.8, 4) is 0 Å². The van der Waals surface area contributed by atoms with Crippen LogP contribution in [0.3, 0.4) is 0 Å². The SMILES string of the molecule is CCCCCCCCCCn1c(N/N=C(C)\C=C\c2ccccc2)nc2c1c(=O)[nH]c(=O)n2C. The second kappa shape index (κ2) is 12.7. The quantitative estimate of drug-likeness (QED) is 0.210. The van der Waals surface area contributed by atoms with E-state index >= 15 is 0 Å². The van der Waals surface area contributed by atoms with Crippen LogP contribution in [-0.4, -0.2) is 24.8 Å². The summed E-state index contributed by atoms with van der Waals surface area (Å²) in [6.07, 6.45) is 13.5. The van der Waals surface area contributed by atoms with Gasteiger partial charge in [-0.05, 0) is 25.0 Å². The van der Waals surface area contributed by atoms with Gasteiger partial charge in [-0.2, -0.15) is 10.1 Å². The van der Waals surface area contributed by atoms with Crippen LogP contribution in [0.1, 0.15) is 70.8 Å². The highest BCUT2D eigenvalue weighted by Crippen LogP contribution is 2.18. The summed E-state index contributed by atoms with van der Waals surface area (Å²) >= 11 is 0. The molecule has 0 bridgehead atoms. The normalized spacial score (nSPS) is 12.1. The van der Waals surface area contributed by atoms with Crippen LogP contribution in [0, 0.1) is 0 Å². The Labute approximate surface area is 200 Å². The van der Waals surface area contributed by atoms with Crippen molar-refractivity contribution in [3.05, 3.63) is 62.8 Å². The Morgan fingerprint density at radius 3 is 2.44 bits per heavy atom. The third-order valence-corrected chi connectivity index (χ3v) is 5.89. The molecule has 0 amide bonds. The van der Waals surface area contributed by atoms with Crippen molar-refractivity contribution in [3.63, 3.8) is 0 Å². The molecule has 2 aromatic heterocycles. The van der Waals surface area contributed by atoms with E-state index in [1.165, 1.54) is 43.1 Å². The Morgan fingerprint density at radius 1 is 1.06 bits per heavy atom. The number of hydrogen-bond donors (Lipinski definition) is 2. The van der Waals surface area contributed by atoms with Crippen LogP contribution in [0.4, 0.5) is 5.95 Å². The molecule has 0 radical (unpaired) electrons. The predicted molar refractivity (Wildman–Crippen MR) is 140 cm³/mol. The van der Waals surface area contributed by atoms with E-state index in [4.69, 9.17) is 0 Å².